The number of para-hydroxylation sites is 2. The monoisotopic (exact) mass is 276 g/mol. The van der Waals surface area contributed by atoms with E-state index in [1.54, 1.807) is 0 Å². The molecular formula is C14H17ClN4. The summed E-state index contributed by atoms with van der Waals surface area (Å²) >= 11 is 6.28. The number of anilines is 1. The van der Waals surface area contributed by atoms with E-state index < -0.39 is 0 Å². The number of likely N-dealkylation sites (N-methyl/N-ethyl adjacent to an activating group) is 1. The lowest BCUT2D eigenvalue weighted by atomic mass is 10.1. The molecule has 5 heteroatoms. The summed E-state index contributed by atoms with van der Waals surface area (Å²) in [5, 5.41) is 3.89. The number of aromatic nitrogens is 2. The van der Waals surface area contributed by atoms with Crippen LogP contribution in [0.3, 0.4) is 0 Å². The first-order valence-electron chi connectivity index (χ1n) is 6.61. The van der Waals surface area contributed by atoms with E-state index in [9.17, 15) is 0 Å². The van der Waals surface area contributed by atoms with Gasteiger partial charge in [0.15, 0.2) is 11.0 Å². The van der Waals surface area contributed by atoms with E-state index in [1.807, 2.05) is 31.3 Å². The van der Waals surface area contributed by atoms with E-state index in [2.05, 4.69) is 20.2 Å². The highest BCUT2D eigenvalue weighted by molar-refractivity contribution is 6.32. The van der Waals surface area contributed by atoms with Gasteiger partial charge in [0, 0.05) is 19.6 Å². The Balaban J connectivity index is 1.96. The zero-order valence-electron chi connectivity index (χ0n) is 10.9. The Kier molecular flexibility index (Phi) is 3.53. The summed E-state index contributed by atoms with van der Waals surface area (Å²) in [4.78, 5) is 11.2. The van der Waals surface area contributed by atoms with Gasteiger partial charge in [-0.1, -0.05) is 23.7 Å². The maximum Gasteiger partial charge on any atom is 0.172 e. The summed E-state index contributed by atoms with van der Waals surface area (Å²) in [5.41, 5.74) is 1.73. The maximum absolute atomic E-state index is 6.28. The van der Waals surface area contributed by atoms with Crippen LogP contribution in [-0.4, -0.2) is 36.1 Å². The number of halogens is 1. The van der Waals surface area contributed by atoms with Crippen molar-refractivity contribution in [2.45, 2.75) is 18.9 Å². The molecule has 1 aliphatic heterocycles. The van der Waals surface area contributed by atoms with Crippen LogP contribution in [0.2, 0.25) is 5.15 Å². The molecule has 0 spiro atoms. The molecule has 1 N–H and O–H groups in total. The van der Waals surface area contributed by atoms with E-state index in [0.29, 0.717) is 11.2 Å². The Morgan fingerprint density at radius 1 is 1.26 bits per heavy atom. The van der Waals surface area contributed by atoms with Gasteiger partial charge in [-0.15, -0.1) is 0 Å². The lowest BCUT2D eigenvalue weighted by Gasteiger charge is -2.32. The second kappa shape index (κ2) is 5.31. The Morgan fingerprint density at radius 2 is 2.00 bits per heavy atom. The standard InChI is InChI=1S/C14H17ClN4/c1-19(10-5-4-8-16-9-10)14-13(15)17-11-6-2-3-7-12(11)18-14/h2-3,6-7,10,16H,4-5,8-9H2,1H3/t10-/m0/s1. The number of rotatable bonds is 2. The number of nitrogens with one attached hydrogen (secondary N) is 1. The number of nitrogens with zero attached hydrogens (tertiary/aromatic N) is 3. The quantitative estimate of drug-likeness (QED) is 0.915. The topological polar surface area (TPSA) is 41.1 Å². The molecule has 1 saturated heterocycles. The highest BCUT2D eigenvalue weighted by atomic mass is 35.5. The largest absolute Gasteiger partial charge is 0.353 e. The van der Waals surface area contributed by atoms with E-state index in [0.717, 1.165) is 36.4 Å². The van der Waals surface area contributed by atoms with Gasteiger partial charge in [-0.05, 0) is 31.5 Å². The van der Waals surface area contributed by atoms with E-state index in [4.69, 9.17) is 11.6 Å². The first-order valence-corrected chi connectivity index (χ1v) is 6.99. The molecule has 0 aliphatic carbocycles. The molecule has 1 fully saturated rings. The van der Waals surface area contributed by atoms with Crippen LogP contribution in [0.5, 0.6) is 0 Å². The highest BCUT2D eigenvalue weighted by Crippen LogP contribution is 2.26. The van der Waals surface area contributed by atoms with E-state index in [-0.39, 0.29) is 0 Å². The molecule has 0 bridgehead atoms. The van der Waals surface area contributed by atoms with Crippen molar-refractivity contribution in [1.29, 1.82) is 0 Å². The minimum Gasteiger partial charge on any atom is -0.353 e. The zero-order chi connectivity index (χ0) is 13.2. The zero-order valence-corrected chi connectivity index (χ0v) is 11.7. The molecule has 4 nitrogen and oxygen atoms in total. The van der Waals surface area contributed by atoms with Crippen LogP contribution in [-0.2, 0) is 0 Å². The molecule has 0 unspecified atom stereocenters. The third kappa shape index (κ3) is 2.51. The summed E-state index contributed by atoms with van der Waals surface area (Å²) in [5.74, 6) is 0.772. The summed E-state index contributed by atoms with van der Waals surface area (Å²) < 4.78 is 0. The van der Waals surface area contributed by atoms with Gasteiger partial charge in [0.05, 0.1) is 11.0 Å². The van der Waals surface area contributed by atoms with Crippen molar-refractivity contribution in [1.82, 2.24) is 15.3 Å². The van der Waals surface area contributed by atoms with Crippen LogP contribution in [0.1, 0.15) is 12.8 Å². The summed E-state index contributed by atoms with van der Waals surface area (Å²) in [7, 11) is 2.04. The third-order valence-corrected chi connectivity index (χ3v) is 3.92. The van der Waals surface area contributed by atoms with Crippen molar-refractivity contribution < 1.29 is 0 Å². The first-order chi connectivity index (χ1) is 9.25. The molecule has 100 valence electrons. The molecule has 0 saturated carbocycles. The fourth-order valence-corrected chi connectivity index (χ4v) is 2.80. The maximum atomic E-state index is 6.28. The molecule has 1 aromatic carbocycles. The van der Waals surface area contributed by atoms with Gasteiger partial charge in [0.25, 0.3) is 0 Å². The number of piperidine rings is 1. The Morgan fingerprint density at radius 3 is 2.68 bits per heavy atom. The second-order valence-electron chi connectivity index (χ2n) is 4.94. The van der Waals surface area contributed by atoms with Gasteiger partial charge in [-0.3, -0.25) is 0 Å². The second-order valence-corrected chi connectivity index (χ2v) is 5.30. The van der Waals surface area contributed by atoms with Crippen LogP contribution >= 0.6 is 11.6 Å². The summed E-state index contributed by atoms with van der Waals surface area (Å²) in [6.07, 6.45) is 2.35. The first kappa shape index (κ1) is 12.6. The van der Waals surface area contributed by atoms with Gasteiger partial charge in [-0.25, -0.2) is 9.97 Å². The average molecular weight is 277 g/mol. The molecule has 2 heterocycles. The fourth-order valence-electron chi connectivity index (χ4n) is 2.53. The average Bonchev–Trinajstić information content (AvgIpc) is 2.47. The Hall–Kier alpha value is -1.39. The molecule has 0 radical (unpaired) electrons. The molecule has 0 amide bonds. The Labute approximate surface area is 117 Å². The van der Waals surface area contributed by atoms with Crippen molar-refractivity contribution in [3.8, 4) is 0 Å². The van der Waals surface area contributed by atoms with Crippen LogP contribution in [0.4, 0.5) is 5.82 Å². The van der Waals surface area contributed by atoms with Crippen molar-refractivity contribution in [2.75, 3.05) is 25.0 Å². The van der Waals surface area contributed by atoms with Crippen LogP contribution in [0.25, 0.3) is 11.0 Å². The van der Waals surface area contributed by atoms with Gasteiger partial charge >= 0.3 is 0 Å². The van der Waals surface area contributed by atoms with Crippen molar-refractivity contribution in [3.63, 3.8) is 0 Å². The lowest BCUT2D eigenvalue weighted by Crippen LogP contribution is -2.44. The van der Waals surface area contributed by atoms with Crippen molar-refractivity contribution >= 4 is 28.5 Å². The summed E-state index contributed by atoms with van der Waals surface area (Å²) in [6.45, 7) is 2.07. The minimum atomic E-state index is 0.432. The molecule has 1 aliphatic rings. The van der Waals surface area contributed by atoms with E-state index in [1.165, 1.54) is 6.42 Å². The molecular weight excluding hydrogens is 260 g/mol. The Bertz CT molecular complexity index is 581. The number of benzene rings is 1. The summed E-state index contributed by atoms with van der Waals surface area (Å²) in [6, 6.07) is 8.25. The van der Waals surface area contributed by atoms with Crippen LogP contribution < -0.4 is 10.2 Å². The molecule has 2 aromatic rings. The molecule has 19 heavy (non-hydrogen) atoms. The predicted octanol–water partition coefficient (Wildman–Crippen LogP) is 2.47. The predicted molar refractivity (Wildman–Crippen MR) is 78.8 cm³/mol. The smallest absolute Gasteiger partial charge is 0.172 e. The number of hydrogen-bond acceptors (Lipinski definition) is 4. The van der Waals surface area contributed by atoms with Gasteiger partial charge in [0.1, 0.15) is 0 Å². The third-order valence-electron chi connectivity index (χ3n) is 3.66. The number of hydrogen-bond donors (Lipinski definition) is 1. The lowest BCUT2D eigenvalue weighted by molar-refractivity contribution is 0.443. The van der Waals surface area contributed by atoms with Gasteiger partial charge in [-0.2, -0.15) is 0 Å². The van der Waals surface area contributed by atoms with Crippen LogP contribution in [0, 0.1) is 0 Å². The normalized spacial score (nSPS) is 19.6. The van der Waals surface area contributed by atoms with Crippen LogP contribution in [0.15, 0.2) is 24.3 Å². The molecule has 1 aromatic heterocycles. The van der Waals surface area contributed by atoms with Crippen molar-refractivity contribution in [2.24, 2.45) is 0 Å². The molecule has 3 rings (SSSR count). The van der Waals surface area contributed by atoms with Crippen molar-refractivity contribution in [3.05, 3.63) is 29.4 Å². The van der Waals surface area contributed by atoms with E-state index >= 15 is 0 Å². The molecule has 1 atom stereocenters. The van der Waals surface area contributed by atoms with Gasteiger partial charge in [0.2, 0.25) is 0 Å². The fraction of sp³-hybridized carbons (Fsp3) is 0.429. The minimum absolute atomic E-state index is 0.432. The highest BCUT2D eigenvalue weighted by Gasteiger charge is 2.21. The SMILES string of the molecule is CN(c1nc2ccccc2nc1Cl)[C@H]1CCCNC1. The van der Waals surface area contributed by atoms with Gasteiger partial charge < -0.3 is 10.2 Å². The number of fused-ring (bicyclic) bond motifs is 1.